The summed E-state index contributed by atoms with van der Waals surface area (Å²) in [5, 5.41) is 12.1. The number of hydrogen-bond acceptors (Lipinski definition) is 5. The fourth-order valence-corrected chi connectivity index (χ4v) is 2.98. The van der Waals surface area contributed by atoms with E-state index in [1.165, 1.54) is 0 Å². The zero-order valence-corrected chi connectivity index (χ0v) is 14.0. The number of fused-ring (bicyclic) bond motifs is 1. The first-order valence-corrected chi connectivity index (χ1v) is 8.84. The Hall–Kier alpha value is -1.76. The van der Waals surface area contributed by atoms with Crippen LogP contribution in [0.2, 0.25) is 0 Å². The van der Waals surface area contributed by atoms with Crippen LogP contribution >= 0.6 is 11.8 Å². The number of hydrazine groups is 1. The topological polar surface area (TPSA) is 87.4 Å². The second-order valence-corrected chi connectivity index (χ2v) is 6.63. The molecule has 0 aromatic heterocycles. The van der Waals surface area contributed by atoms with Crippen LogP contribution in [-0.2, 0) is 4.79 Å². The Kier molecular flexibility index (Phi) is 6.70. The predicted molar refractivity (Wildman–Crippen MR) is 97.3 cm³/mol. The number of carbonyl (C=O) groups excluding carboxylic acids is 1. The summed E-state index contributed by atoms with van der Waals surface area (Å²) < 4.78 is 0. The molecule has 0 fully saturated rings. The second-order valence-electron chi connectivity index (χ2n) is 5.24. The number of aliphatic hydroxyl groups is 1. The maximum atomic E-state index is 12.0. The molecule has 0 heterocycles. The molecule has 2 aromatic rings. The first-order chi connectivity index (χ1) is 11.1. The number of nitrogens with one attached hydrogen (secondary N) is 2. The van der Waals surface area contributed by atoms with Crippen molar-refractivity contribution in [3.8, 4) is 0 Å². The van der Waals surface area contributed by atoms with Gasteiger partial charge in [-0.15, -0.1) is 0 Å². The lowest BCUT2D eigenvalue weighted by molar-refractivity contribution is -0.129. The van der Waals surface area contributed by atoms with Gasteiger partial charge in [-0.1, -0.05) is 43.3 Å². The van der Waals surface area contributed by atoms with Crippen molar-refractivity contribution in [1.82, 2.24) is 5.43 Å². The van der Waals surface area contributed by atoms with E-state index >= 15 is 0 Å². The van der Waals surface area contributed by atoms with Crippen molar-refractivity contribution in [2.45, 2.75) is 25.5 Å². The summed E-state index contributed by atoms with van der Waals surface area (Å²) in [6, 6.07) is 13.1. The van der Waals surface area contributed by atoms with Crippen LogP contribution in [0.25, 0.3) is 10.8 Å². The summed E-state index contributed by atoms with van der Waals surface area (Å²) in [6.45, 7) is 2.06. The molecule has 0 saturated carbocycles. The number of aliphatic hydroxyl groups excluding tert-OH is 1. The molecule has 0 aliphatic rings. The van der Waals surface area contributed by atoms with E-state index in [-0.39, 0.29) is 0 Å². The molecule has 0 radical (unpaired) electrons. The van der Waals surface area contributed by atoms with Gasteiger partial charge < -0.3 is 10.8 Å². The summed E-state index contributed by atoms with van der Waals surface area (Å²) in [5.41, 5.74) is 12.0. The van der Waals surface area contributed by atoms with Crippen molar-refractivity contribution in [2.75, 3.05) is 16.9 Å². The smallest absolute Gasteiger partial charge is 0.268 e. The summed E-state index contributed by atoms with van der Waals surface area (Å²) in [5.74, 6) is 1.31. The molecule has 124 valence electrons. The number of thioether (sulfide) groups is 1. The molecule has 0 aliphatic heterocycles. The molecule has 6 heteroatoms. The largest absolute Gasteiger partial charge is 0.382 e. The van der Waals surface area contributed by atoms with Crippen LogP contribution in [0.3, 0.4) is 0 Å². The number of anilines is 1. The highest BCUT2D eigenvalue weighted by atomic mass is 32.2. The van der Waals surface area contributed by atoms with Crippen LogP contribution in [0.4, 0.5) is 5.69 Å². The molecule has 23 heavy (non-hydrogen) atoms. The molecule has 2 aromatic carbocycles. The van der Waals surface area contributed by atoms with Gasteiger partial charge in [0, 0.05) is 11.4 Å². The maximum absolute atomic E-state index is 12.0. The highest BCUT2D eigenvalue weighted by molar-refractivity contribution is 7.99. The van der Waals surface area contributed by atoms with Crippen molar-refractivity contribution >= 4 is 34.1 Å². The van der Waals surface area contributed by atoms with Crippen molar-refractivity contribution in [3.05, 3.63) is 42.5 Å². The SMILES string of the molecule is CCSCC[C@@H](N)[C@H](O)C(=O)NNc1cccc2ccccc12. The van der Waals surface area contributed by atoms with Crippen LogP contribution in [0.5, 0.6) is 0 Å². The summed E-state index contributed by atoms with van der Waals surface area (Å²) >= 11 is 1.74. The third kappa shape index (κ3) is 4.86. The van der Waals surface area contributed by atoms with Gasteiger partial charge in [0.2, 0.25) is 0 Å². The molecule has 0 saturated heterocycles. The number of nitrogens with two attached hydrogens (primary N) is 1. The Bertz CT molecular complexity index is 645. The monoisotopic (exact) mass is 333 g/mol. The number of rotatable bonds is 8. The number of benzene rings is 2. The molecule has 0 spiro atoms. The fraction of sp³-hybridized carbons (Fsp3) is 0.353. The van der Waals surface area contributed by atoms with Crippen LogP contribution in [0.1, 0.15) is 13.3 Å². The summed E-state index contributed by atoms with van der Waals surface area (Å²) in [4.78, 5) is 12.0. The van der Waals surface area contributed by atoms with E-state index < -0.39 is 18.1 Å². The Morgan fingerprint density at radius 1 is 1.26 bits per heavy atom. The lowest BCUT2D eigenvalue weighted by atomic mass is 10.1. The highest BCUT2D eigenvalue weighted by Crippen LogP contribution is 2.22. The number of carbonyl (C=O) groups is 1. The minimum atomic E-state index is -1.23. The second kappa shape index (κ2) is 8.76. The van der Waals surface area contributed by atoms with Gasteiger partial charge in [-0.2, -0.15) is 11.8 Å². The average Bonchev–Trinajstić information content (AvgIpc) is 2.59. The number of hydrogen-bond donors (Lipinski definition) is 4. The van der Waals surface area contributed by atoms with E-state index in [2.05, 4.69) is 17.8 Å². The molecular weight excluding hydrogens is 310 g/mol. The first kappa shape index (κ1) is 17.6. The predicted octanol–water partition coefficient (Wildman–Crippen LogP) is 2.11. The van der Waals surface area contributed by atoms with Crippen LogP contribution in [-0.4, -0.2) is 34.7 Å². The Morgan fingerprint density at radius 3 is 2.78 bits per heavy atom. The normalized spacial score (nSPS) is 13.5. The number of amides is 1. The van der Waals surface area contributed by atoms with E-state index in [1.807, 2.05) is 42.5 Å². The molecule has 2 rings (SSSR count). The van der Waals surface area contributed by atoms with Gasteiger partial charge in [0.25, 0.3) is 5.91 Å². The van der Waals surface area contributed by atoms with E-state index in [9.17, 15) is 9.90 Å². The minimum absolute atomic E-state index is 0.521. The van der Waals surface area contributed by atoms with Gasteiger partial charge in [0.05, 0.1) is 5.69 Å². The lowest BCUT2D eigenvalue weighted by Gasteiger charge is -2.19. The Labute approximate surface area is 140 Å². The molecule has 0 unspecified atom stereocenters. The molecule has 1 amide bonds. The average molecular weight is 333 g/mol. The van der Waals surface area contributed by atoms with Gasteiger partial charge >= 0.3 is 0 Å². The molecule has 5 nitrogen and oxygen atoms in total. The van der Waals surface area contributed by atoms with Crippen molar-refractivity contribution in [1.29, 1.82) is 0 Å². The summed E-state index contributed by atoms with van der Waals surface area (Å²) in [6.07, 6.45) is -0.628. The van der Waals surface area contributed by atoms with Gasteiger partial charge in [0.15, 0.2) is 0 Å². The van der Waals surface area contributed by atoms with Crippen molar-refractivity contribution in [2.24, 2.45) is 5.73 Å². The molecule has 0 aliphatic carbocycles. The van der Waals surface area contributed by atoms with Gasteiger partial charge in [-0.25, -0.2) is 0 Å². The minimum Gasteiger partial charge on any atom is -0.382 e. The molecule has 5 N–H and O–H groups in total. The van der Waals surface area contributed by atoms with E-state index in [0.29, 0.717) is 6.42 Å². The standard InChI is InChI=1S/C17H23N3O2S/c1-2-23-11-10-14(18)16(21)17(22)20-19-15-9-5-7-12-6-3-4-8-13(12)15/h3-9,14,16,19,21H,2,10-11,18H2,1H3,(H,20,22)/t14-,16+/m1/s1. The third-order valence-electron chi connectivity index (χ3n) is 3.58. The summed E-state index contributed by atoms with van der Waals surface area (Å²) in [7, 11) is 0. The van der Waals surface area contributed by atoms with E-state index in [4.69, 9.17) is 5.73 Å². The van der Waals surface area contributed by atoms with Crippen LogP contribution in [0.15, 0.2) is 42.5 Å². The Balaban J connectivity index is 1.92. The third-order valence-corrected chi connectivity index (χ3v) is 4.52. The highest BCUT2D eigenvalue weighted by Gasteiger charge is 2.22. The van der Waals surface area contributed by atoms with Gasteiger partial charge in [-0.05, 0) is 29.4 Å². The van der Waals surface area contributed by atoms with Gasteiger partial charge in [-0.3, -0.25) is 15.6 Å². The zero-order chi connectivity index (χ0) is 16.7. The van der Waals surface area contributed by atoms with Gasteiger partial charge in [0.1, 0.15) is 6.10 Å². The molecule has 0 bridgehead atoms. The van der Waals surface area contributed by atoms with Crippen molar-refractivity contribution < 1.29 is 9.90 Å². The van der Waals surface area contributed by atoms with E-state index in [0.717, 1.165) is 28.0 Å². The zero-order valence-electron chi connectivity index (χ0n) is 13.2. The first-order valence-electron chi connectivity index (χ1n) is 7.68. The van der Waals surface area contributed by atoms with Crippen LogP contribution in [0, 0.1) is 0 Å². The maximum Gasteiger partial charge on any atom is 0.268 e. The fourth-order valence-electron chi connectivity index (χ4n) is 2.25. The van der Waals surface area contributed by atoms with E-state index in [1.54, 1.807) is 11.8 Å². The Morgan fingerprint density at radius 2 is 2.00 bits per heavy atom. The van der Waals surface area contributed by atoms with Crippen LogP contribution < -0.4 is 16.6 Å². The molecular formula is C17H23N3O2S. The molecule has 2 atom stereocenters. The quantitative estimate of drug-likeness (QED) is 0.439. The van der Waals surface area contributed by atoms with Crippen molar-refractivity contribution in [3.63, 3.8) is 0 Å². The lowest BCUT2D eigenvalue weighted by Crippen LogP contribution is -2.48.